The third kappa shape index (κ3) is 4.86. The molecule has 1 aromatic rings. The molecule has 0 aliphatic rings. The highest BCUT2D eigenvalue weighted by molar-refractivity contribution is 9.09. The minimum Gasteiger partial charge on any atom is -0.300 e. The van der Waals surface area contributed by atoms with Crippen LogP contribution in [0.4, 0.5) is 0 Å². The number of benzene rings is 1. The number of hydrogen-bond donors (Lipinski definition) is 0. The molecule has 0 N–H and O–H groups in total. The summed E-state index contributed by atoms with van der Waals surface area (Å²) in [6, 6.07) is 5.34. The zero-order chi connectivity index (χ0) is 12.0. The van der Waals surface area contributed by atoms with Crippen molar-refractivity contribution < 1.29 is 4.79 Å². The van der Waals surface area contributed by atoms with Crippen LogP contribution in [0, 0.1) is 0 Å². The van der Waals surface area contributed by atoms with Crippen LogP contribution >= 0.6 is 39.1 Å². The number of carbonyl (C=O) groups is 1. The van der Waals surface area contributed by atoms with E-state index < -0.39 is 0 Å². The van der Waals surface area contributed by atoms with Crippen molar-refractivity contribution in [1.82, 2.24) is 0 Å². The SMILES string of the molecule is O=C(CCCBr)CCc1cc(Cl)ccc1Cl. The standard InChI is InChI=1S/C12H13BrCl2O/c13-7-1-2-11(16)5-3-9-8-10(14)4-6-12(9)15/h4,6,8H,1-3,5,7H2. The number of halogens is 3. The molecule has 0 saturated carbocycles. The predicted octanol–water partition coefficient (Wildman–Crippen LogP) is 4.67. The molecule has 88 valence electrons. The number of hydrogen-bond acceptors (Lipinski definition) is 1. The van der Waals surface area contributed by atoms with E-state index in [0.29, 0.717) is 29.3 Å². The van der Waals surface area contributed by atoms with Gasteiger partial charge in [-0.1, -0.05) is 39.1 Å². The van der Waals surface area contributed by atoms with Crippen LogP contribution in [0.3, 0.4) is 0 Å². The van der Waals surface area contributed by atoms with Crippen molar-refractivity contribution in [3.63, 3.8) is 0 Å². The lowest BCUT2D eigenvalue weighted by Crippen LogP contribution is -2.00. The van der Waals surface area contributed by atoms with Gasteiger partial charge in [-0.15, -0.1) is 0 Å². The fourth-order valence-corrected chi connectivity index (χ4v) is 2.09. The van der Waals surface area contributed by atoms with Gasteiger partial charge in [0, 0.05) is 28.2 Å². The molecule has 4 heteroatoms. The van der Waals surface area contributed by atoms with Crippen molar-refractivity contribution in [3.05, 3.63) is 33.8 Å². The Bertz CT molecular complexity index is 366. The van der Waals surface area contributed by atoms with E-state index >= 15 is 0 Å². The summed E-state index contributed by atoms with van der Waals surface area (Å²) in [5.41, 5.74) is 0.946. The van der Waals surface area contributed by atoms with E-state index in [1.54, 1.807) is 12.1 Å². The van der Waals surface area contributed by atoms with E-state index in [-0.39, 0.29) is 5.78 Å². The number of carbonyl (C=O) groups excluding carboxylic acids is 1. The average molecular weight is 324 g/mol. The number of ketones is 1. The van der Waals surface area contributed by atoms with Gasteiger partial charge in [0.25, 0.3) is 0 Å². The average Bonchev–Trinajstić information content (AvgIpc) is 2.27. The molecular weight excluding hydrogens is 311 g/mol. The lowest BCUT2D eigenvalue weighted by Gasteiger charge is -2.04. The maximum atomic E-state index is 11.5. The van der Waals surface area contributed by atoms with Gasteiger partial charge < -0.3 is 0 Å². The monoisotopic (exact) mass is 322 g/mol. The topological polar surface area (TPSA) is 17.1 Å². The predicted molar refractivity (Wildman–Crippen MR) is 72.8 cm³/mol. The Labute approximate surface area is 114 Å². The van der Waals surface area contributed by atoms with E-state index in [9.17, 15) is 4.79 Å². The minimum atomic E-state index is 0.274. The Hall–Kier alpha value is -0.0500. The molecule has 0 fully saturated rings. The Morgan fingerprint density at radius 1 is 1.25 bits per heavy atom. The largest absolute Gasteiger partial charge is 0.300 e. The molecule has 1 nitrogen and oxygen atoms in total. The zero-order valence-electron chi connectivity index (χ0n) is 8.81. The first-order chi connectivity index (χ1) is 7.63. The van der Waals surface area contributed by atoms with Gasteiger partial charge in [-0.3, -0.25) is 4.79 Å². The van der Waals surface area contributed by atoms with Gasteiger partial charge in [0.2, 0.25) is 0 Å². The van der Waals surface area contributed by atoms with Gasteiger partial charge in [0.1, 0.15) is 5.78 Å². The quantitative estimate of drug-likeness (QED) is 0.695. The zero-order valence-corrected chi connectivity index (χ0v) is 11.9. The van der Waals surface area contributed by atoms with E-state index in [4.69, 9.17) is 23.2 Å². The number of rotatable bonds is 6. The van der Waals surface area contributed by atoms with E-state index in [1.165, 1.54) is 0 Å². The minimum absolute atomic E-state index is 0.274. The van der Waals surface area contributed by atoms with Crippen LogP contribution in [0.15, 0.2) is 18.2 Å². The Balaban J connectivity index is 2.47. The first kappa shape index (κ1) is 14.0. The summed E-state index contributed by atoms with van der Waals surface area (Å²) in [6.07, 6.45) is 2.72. The highest BCUT2D eigenvalue weighted by Crippen LogP contribution is 2.22. The van der Waals surface area contributed by atoms with Crippen LogP contribution in [0.1, 0.15) is 24.8 Å². The van der Waals surface area contributed by atoms with E-state index in [0.717, 1.165) is 17.3 Å². The third-order valence-corrected chi connectivity index (χ3v) is 3.43. The van der Waals surface area contributed by atoms with Crippen LogP contribution in [0.2, 0.25) is 10.0 Å². The van der Waals surface area contributed by atoms with Crippen molar-refractivity contribution in [2.24, 2.45) is 0 Å². The first-order valence-corrected chi connectivity index (χ1v) is 7.03. The smallest absolute Gasteiger partial charge is 0.133 e. The summed E-state index contributed by atoms with van der Waals surface area (Å²) in [5.74, 6) is 0.274. The normalized spacial score (nSPS) is 10.4. The van der Waals surface area contributed by atoms with Crippen molar-refractivity contribution in [3.8, 4) is 0 Å². The number of alkyl halides is 1. The lowest BCUT2D eigenvalue weighted by molar-refractivity contribution is -0.119. The molecule has 0 aliphatic heterocycles. The van der Waals surface area contributed by atoms with Crippen molar-refractivity contribution >= 4 is 44.9 Å². The van der Waals surface area contributed by atoms with Gasteiger partial charge in [0.15, 0.2) is 0 Å². The highest BCUT2D eigenvalue weighted by atomic mass is 79.9. The van der Waals surface area contributed by atoms with Gasteiger partial charge in [-0.2, -0.15) is 0 Å². The van der Waals surface area contributed by atoms with Gasteiger partial charge in [-0.25, -0.2) is 0 Å². The van der Waals surface area contributed by atoms with Gasteiger partial charge >= 0.3 is 0 Å². The molecule has 0 unspecified atom stereocenters. The molecule has 16 heavy (non-hydrogen) atoms. The second-order valence-electron chi connectivity index (χ2n) is 3.57. The van der Waals surface area contributed by atoms with E-state index in [1.807, 2.05) is 6.07 Å². The molecule has 0 amide bonds. The molecule has 1 aromatic carbocycles. The van der Waals surface area contributed by atoms with Crippen LogP contribution < -0.4 is 0 Å². The van der Waals surface area contributed by atoms with Crippen molar-refractivity contribution in [1.29, 1.82) is 0 Å². The molecule has 0 heterocycles. The summed E-state index contributed by atoms with van der Waals surface area (Å²) in [7, 11) is 0. The number of Topliss-reactive ketones (excluding diaryl/α,β-unsaturated/α-hetero) is 1. The Kier molecular flexibility index (Phi) is 6.40. The second-order valence-corrected chi connectivity index (χ2v) is 5.20. The Morgan fingerprint density at radius 2 is 2.00 bits per heavy atom. The summed E-state index contributed by atoms with van der Waals surface area (Å²) >= 11 is 15.2. The van der Waals surface area contributed by atoms with Crippen molar-refractivity contribution in [2.45, 2.75) is 25.7 Å². The molecule has 0 aliphatic carbocycles. The Morgan fingerprint density at radius 3 is 2.69 bits per heavy atom. The molecule has 0 atom stereocenters. The molecule has 1 rings (SSSR count). The maximum Gasteiger partial charge on any atom is 0.133 e. The highest BCUT2D eigenvalue weighted by Gasteiger charge is 2.05. The fourth-order valence-electron chi connectivity index (χ4n) is 1.40. The van der Waals surface area contributed by atoms with Crippen LogP contribution in [-0.2, 0) is 11.2 Å². The molecule has 0 spiro atoms. The first-order valence-electron chi connectivity index (χ1n) is 5.15. The molecule has 0 bridgehead atoms. The third-order valence-electron chi connectivity index (χ3n) is 2.27. The van der Waals surface area contributed by atoms with Crippen LogP contribution in [0.5, 0.6) is 0 Å². The molecule has 0 aromatic heterocycles. The van der Waals surface area contributed by atoms with Gasteiger partial charge in [0.05, 0.1) is 0 Å². The summed E-state index contributed by atoms with van der Waals surface area (Å²) < 4.78 is 0. The summed E-state index contributed by atoms with van der Waals surface area (Å²) in [5, 5.41) is 2.21. The van der Waals surface area contributed by atoms with Gasteiger partial charge in [-0.05, 0) is 36.6 Å². The molecule has 0 saturated heterocycles. The molecular formula is C12H13BrCl2O. The summed E-state index contributed by atoms with van der Waals surface area (Å²) in [4.78, 5) is 11.5. The van der Waals surface area contributed by atoms with Crippen LogP contribution in [-0.4, -0.2) is 11.1 Å². The summed E-state index contributed by atoms with van der Waals surface area (Å²) in [6.45, 7) is 0. The van der Waals surface area contributed by atoms with Crippen molar-refractivity contribution in [2.75, 3.05) is 5.33 Å². The maximum absolute atomic E-state index is 11.5. The lowest BCUT2D eigenvalue weighted by atomic mass is 10.1. The second kappa shape index (κ2) is 7.31. The fraction of sp³-hybridized carbons (Fsp3) is 0.417. The van der Waals surface area contributed by atoms with E-state index in [2.05, 4.69) is 15.9 Å². The number of aryl methyl sites for hydroxylation is 1. The van der Waals surface area contributed by atoms with Crippen LogP contribution in [0.25, 0.3) is 0 Å². The molecule has 0 radical (unpaired) electrons.